The van der Waals surface area contributed by atoms with Crippen LogP contribution in [0.2, 0.25) is 5.28 Å². The molecule has 0 amide bonds. The van der Waals surface area contributed by atoms with Gasteiger partial charge in [-0.1, -0.05) is 0 Å². The zero-order valence-electron chi connectivity index (χ0n) is 2.64. The molecule has 0 aliphatic rings. The Hall–Kier alpha value is 0.00247. The van der Waals surface area contributed by atoms with Gasteiger partial charge in [-0.2, -0.15) is 0 Å². The van der Waals surface area contributed by atoms with E-state index in [1.807, 2.05) is 0 Å². The fourth-order valence-corrected chi connectivity index (χ4v) is 0. The average Bonchev–Trinajstić information content (AvgIpc) is 1.38. The van der Waals surface area contributed by atoms with Crippen LogP contribution < -0.4 is 0 Å². The summed E-state index contributed by atoms with van der Waals surface area (Å²) in [6.07, 6.45) is 0. The Balaban J connectivity index is 2.85. The number of hydrogen-bond donors (Lipinski definition) is 1. The van der Waals surface area contributed by atoms with Gasteiger partial charge >= 0.3 is 37.4 Å². The van der Waals surface area contributed by atoms with Crippen molar-refractivity contribution in [1.82, 2.24) is 0 Å². The fraction of sp³-hybridized carbons (Fsp3) is 0.500. The zero-order valence-corrected chi connectivity index (χ0v) is 3.79. The molecule has 1 N–H and O–H groups in total. The molecule has 0 fully saturated rings. The number of carboxylic acid groups (broad SMARTS) is 1. The summed E-state index contributed by atoms with van der Waals surface area (Å²) in [5.74, 6) is -0.782. The van der Waals surface area contributed by atoms with Crippen molar-refractivity contribution in [3.05, 3.63) is 0 Å². The molecule has 0 unspecified atom stereocenters. The molecule has 0 aliphatic carbocycles. The van der Waals surface area contributed by atoms with E-state index < -0.39 is 5.97 Å². The second kappa shape index (κ2) is 2.25. The van der Waals surface area contributed by atoms with E-state index in [4.69, 9.17) is 5.11 Å². The third kappa shape index (κ3) is 4.00. The summed E-state index contributed by atoms with van der Waals surface area (Å²) in [4.78, 5) is 9.35. The molecular formula is C2H3AlO2+2. The van der Waals surface area contributed by atoms with Gasteiger partial charge in [-0.15, -0.1) is 0 Å². The topological polar surface area (TPSA) is 37.3 Å². The Labute approximate surface area is 38.2 Å². The van der Waals surface area contributed by atoms with Crippen LogP contribution in [0.15, 0.2) is 0 Å². The molecule has 0 aromatic carbocycles. The molecule has 0 aromatic heterocycles. The summed E-state index contributed by atoms with van der Waals surface area (Å²) in [7, 11) is 0. The van der Waals surface area contributed by atoms with E-state index in [1.165, 1.54) is 0 Å². The van der Waals surface area contributed by atoms with Crippen molar-refractivity contribution >= 4 is 22.3 Å². The standard InChI is InChI=1S/C2H3O2.Al/c1-2(3)4;/h1H2,(H,3,4);/q;+2. The Bertz CT molecular complexity index is 42.9. The molecule has 0 atom stereocenters. The molecule has 0 saturated heterocycles. The molecule has 0 saturated carbocycles. The number of carboxylic acids is 1. The molecule has 0 radical (unpaired) electrons. The van der Waals surface area contributed by atoms with Gasteiger partial charge in [0, 0.05) is 0 Å². The van der Waals surface area contributed by atoms with Crippen molar-refractivity contribution in [2.24, 2.45) is 0 Å². The SMILES string of the molecule is O=C(O)[CH2][Al+2]. The number of hydrogen-bond acceptors (Lipinski definition) is 1. The van der Waals surface area contributed by atoms with E-state index in [1.54, 1.807) is 0 Å². The van der Waals surface area contributed by atoms with Crippen LogP contribution in [-0.4, -0.2) is 27.4 Å². The normalized spacial score (nSPS) is 7.60. The second-order valence-corrected chi connectivity index (χ2v) is 1.01. The Kier molecular flexibility index (Phi) is 2.25. The van der Waals surface area contributed by atoms with Gasteiger partial charge in [0.25, 0.3) is 0 Å². The summed E-state index contributed by atoms with van der Waals surface area (Å²) < 4.78 is 0. The maximum absolute atomic E-state index is 9.35. The van der Waals surface area contributed by atoms with E-state index >= 15 is 0 Å². The summed E-state index contributed by atoms with van der Waals surface area (Å²) in [6, 6.07) is 0. The van der Waals surface area contributed by atoms with Crippen molar-refractivity contribution in [2.75, 3.05) is 0 Å². The van der Waals surface area contributed by atoms with Crippen LogP contribution in [0.1, 0.15) is 0 Å². The second-order valence-electron chi connectivity index (χ2n) is 0.598. The molecule has 0 aliphatic heterocycles. The third-order valence-electron chi connectivity index (χ3n) is 0.175. The maximum atomic E-state index is 9.35. The van der Waals surface area contributed by atoms with E-state index in [9.17, 15) is 4.79 Å². The van der Waals surface area contributed by atoms with Crippen LogP contribution in [0, 0.1) is 0 Å². The summed E-state index contributed by atoms with van der Waals surface area (Å²) in [5.41, 5.74) is 0. The van der Waals surface area contributed by atoms with Crippen LogP contribution in [0.4, 0.5) is 0 Å². The minimum atomic E-state index is -0.782. The summed E-state index contributed by atoms with van der Waals surface area (Å²) >= 11 is 2.09. The van der Waals surface area contributed by atoms with Gasteiger partial charge in [0.15, 0.2) is 0 Å². The van der Waals surface area contributed by atoms with E-state index in [0.717, 1.165) is 0 Å². The first kappa shape index (κ1) is 5.00. The van der Waals surface area contributed by atoms with Crippen LogP contribution in [0.5, 0.6) is 0 Å². The fourth-order valence-electron chi connectivity index (χ4n) is 0. The van der Waals surface area contributed by atoms with E-state index in [0.29, 0.717) is 0 Å². The Morgan fingerprint density at radius 1 is 2.00 bits per heavy atom. The van der Waals surface area contributed by atoms with E-state index in [-0.39, 0.29) is 5.28 Å². The first-order valence-electron chi connectivity index (χ1n) is 1.19. The molecule has 24 valence electrons. The summed E-state index contributed by atoms with van der Waals surface area (Å²) in [5, 5.41) is 7.84. The first-order valence-corrected chi connectivity index (χ1v) is 2.01. The first-order chi connectivity index (χ1) is 2.27. The van der Waals surface area contributed by atoms with Gasteiger partial charge in [0.1, 0.15) is 0 Å². The molecule has 0 heterocycles. The van der Waals surface area contributed by atoms with Crippen molar-refractivity contribution < 1.29 is 9.90 Å². The Morgan fingerprint density at radius 2 is 2.20 bits per heavy atom. The molecule has 0 spiro atoms. The Morgan fingerprint density at radius 3 is 2.20 bits per heavy atom. The van der Waals surface area contributed by atoms with Gasteiger partial charge in [-0.25, -0.2) is 0 Å². The van der Waals surface area contributed by atoms with Crippen LogP contribution in [0.3, 0.4) is 0 Å². The van der Waals surface area contributed by atoms with Crippen molar-refractivity contribution in [2.45, 2.75) is 5.28 Å². The van der Waals surface area contributed by atoms with Crippen molar-refractivity contribution in [3.8, 4) is 0 Å². The number of carbonyl (C=O) groups is 1. The van der Waals surface area contributed by atoms with Crippen LogP contribution in [-0.2, 0) is 4.79 Å². The quantitative estimate of drug-likeness (QED) is 0.443. The van der Waals surface area contributed by atoms with Crippen molar-refractivity contribution in [3.63, 3.8) is 0 Å². The van der Waals surface area contributed by atoms with Gasteiger partial charge in [0.05, 0.1) is 0 Å². The predicted molar refractivity (Wildman–Crippen MR) is 18.2 cm³/mol. The molecule has 5 heavy (non-hydrogen) atoms. The van der Waals surface area contributed by atoms with Crippen LogP contribution >= 0.6 is 0 Å². The van der Waals surface area contributed by atoms with Gasteiger partial charge < -0.3 is 0 Å². The molecule has 0 rings (SSSR count). The predicted octanol–water partition coefficient (Wildman–Crippen LogP) is -0.342. The monoisotopic (exact) mass is 86.0 g/mol. The molecule has 0 aromatic rings. The molecule has 0 bridgehead atoms. The number of aliphatic carboxylic acids is 1. The van der Waals surface area contributed by atoms with Gasteiger partial charge in [0.2, 0.25) is 0 Å². The van der Waals surface area contributed by atoms with Crippen LogP contribution in [0.25, 0.3) is 0 Å². The molecular weight excluding hydrogens is 83.0 g/mol. The van der Waals surface area contributed by atoms with E-state index in [2.05, 4.69) is 16.3 Å². The molecule has 3 heteroatoms. The molecule has 2 nitrogen and oxygen atoms in total. The van der Waals surface area contributed by atoms with Crippen molar-refractivity contribution in [1.29, 1.82) is 0 Å². The van der Waals surface area contributed by atoms with Gasteiger partial charge in [-0.05, 0) is 0 Å². The third-order valence-corrected chi connectivity index (χ3v) is 0.524. The van der Waals surface area contributed by atoms with Gasteiger partial charge in [-0.3, -0.25) is 0 Å². The zero-order chi connectivity index (χ0) is 4.28. The average molecular weight is 86.0 g/mol. The number of rotatable bonds is 1. The summed E-state index contributed by atoms with van der Waals surface area (Å²) in [6.45, 7) is 0. The minimum absolute atomic E-state index is 0.139.